The second kappa shape index (κ2) is 5.76. The molecule has 0 spiro atoms. The Morgan fingerprint density at radius 3 is 2.50 bits per heavy atom. The zero-order valence-electron chi connectivity index (χ0n) is 11.4. The van der Waals surface area contributed by atoms with Crippen LogP contribution in [0, 0.1) is 5.41 Å². The molecule has 0 aromatic heterocycles. The largest absolute Gasteiger partial charge is 0.491 e. The fourth-order valence-electron chi connectivity index (χ4n) is 1.39. The quantitative estimate of drug-likeness (QED) is 0.660. The SMILES string of the molecule is COC(=O)c1ccc(OCCC(C)(C)C)c(N)c1. The molecule has 100 valence electrons. The molecular weight excluding hydrogens is 230 g/mol. The van der Waals surface area contributed by atoms with Gasteiger partial charge in [0.2, 0.25) is 0 Å². The molecule has 0 radical (unpaired) electrons. The summed E-state index contributed by atoms with van der Waals surface area (Å²) in [4.78, 5) is 11.3. The number of hydrogen-bond donors (Lipinski definition) is 1. The monoisotopic (exact) mass is 251 g/mol. The highest BCUT2D eigenvalue weighted by atomic mass is 16.5. The molecule has 4 nitrogen and oxygen atoms in total. The van der Waals surface area contributed by atoms with Gasteiger partial charge in [0.15, 0.2) is 0 Å². The third-order valence-corrected chi connectivity index (χ3v) is 2.54. The molecule has 0 heterocycles. The Morgan fingerprint density at radius 1 is 1.33 bits per heavy atom. The molecule has 0 saturated carbocycles. The van der Waals surface area contributed by atoms with Crippen molar-refractivity contribution in [1.82, 2.24) is 0 Å². The van der Waals surface area contributed by atoms with Crippen molar-refractivity contribution in [3.8, 4) is 5.75 Å². The van der Waals surface area contributed by atoms with Gasteiger partial charge >= 0.3 is 5.97 Å². The van der Waals surface area contributed by atoms with Crippen molar-refractivity contribution in [3.05, 3.63) is 23.8 Å². The van der Waals surface area contributed by atoms with Gasteiger partial charge in [0.1, 0.15) is 5.75 Å². The molecule has 0 aliphatic heterocycles. The Bertz CT molecular complexity index is 422. The maximum absolute atomic E-state index is 11.3. The Hall–Kier alpha value is -1.71. The van der Waals surface area contributed by atoms with Gasteiger partial charge in [0.05, 0.1) is 25.0 Å². The second-order valence-corrected chi connectivity index (χ2v) is 5.40. The molecule has 18 heavy (non-hydrogen) atoms. The van der Waals surface area contributed by atoms with Crippen LogP contribution in [0.25, 0.3) is 0 Å². The minimum atomic E-state index is -0.400. The van der Waals surface area contributed by atoms with Gasteiger partial charge < -0.3 is 15.2 Å². The van der Waals surface area contributed by atoms with Gasteiger partial charge in [-0.25, -0.2) is 4.79 Å². The number of methoxy groups -OCH3 is 1. The molecule has 2 N–H and O–H groups in total. The summed E-state index contributed by atoms with van der Waals surface area (Å²) in [7, 11) is 1.34. The number of benzene rings is 1. The van der Waals surface area contributed by atoms with Gasteiger partial charge in [-0.2, -0.15) is 0 Å². The molecule has 1 aromatic rings. The van der Waals surface area contributed by atoms with Crippen LogP contribution in [0.3, 0.4) is 0 Å². The van der Waals surface area contributed by atoms with Crippen LogP contribution in [-0.2, 0) is 4.74 Å². The lowest BCUT2D eigenvalue weighted by atomic mass is 9.93. The fraction of sp³-hybridized carbons (Fsp3) is 0.500. The standard InChI is InChI=1S/C14H21NO3/c1-14(2,3)7-8-18-12-6-5-10(9-11(12)15)13(16)17-4/h5-6,9H,7-8,15H2,1-4H3. The molecule has 0 aliphatic carbocycles. The Balaban J connectivity index is 2.66. The molecule has 0 fully saturated rings. The average Bonchev–Trinajstić information content (AvgIpc) is 2.28. The molecule has 4 heteroatoms. The third-order valence-electron chi connectivity index (χ3n) is 2.54. The summed E-state index contributed by atoms with van der Waals surface area (Å²) in [6.45, 7) is 7.06. The summed E-state index contributed by atoms with van der Waals surface area (Å²) < 4.78 is 10.2. The van der Waals surface area contributed by atoms with E-state index in [2.05, 4.69) is 25.5 Å². The van der Waals surface area contributed by atoms with E-state index in [1.54, 1.807) is 18.2 Å². The number of nitrogens with two attached hydrogens (primary N) is 1. The molecule has 1 rings (SSSR count). The van der Waals surface area contributed by atoms with E-state index in [9.17, 15) is 4.79 Å². The summed E-state index contributed by atoms with van der Waals surface area (Å²) in [5, 5.41) is 0. The van der Waals surface area contributed by atoms with E-state index in [1.807, 2.05) is 0 Å². The molecule has 0 amide bonds. The van der Waals surface area contributed by atoms with Crippen LogP contribution in [0.15, 0.2) is 18.2 Å². The number of ether oxygens (including phenoxy) is 2. The number of carbonyl (C=O) groups excluding carboxylic acids is 1. The zero-order valence-corrected chi connectivity index (χ0v) is 11.4. The predicted molar refractivity (Wildman–Crippen MR) is 71.8 cm³/mol. The van der Waals surface area contributed by atoms with Gasteiger partial charge in [0.25, 0.3) is 0 Å². The van der Waals surface area contributed by atoms with E-state index in [0.717, 1.165) is 6.42 Å². The highest BCUT2D eigenvalue weighted by molar-refractivity contribution is 5.90. The number of anilines is 1. The van der Waals surface area contributed by atoms with Crippen molar-refractivity contribution < 1.29 is 14.3 Å². The number of rotatable bonds is 4. The highest BCUT2D eigenvalue weighted by Crippen LogP contribution is 2.25. The predicted octanol–water partition coefficient (Wildman–Crippen LogP) is 2.87. The summed E-state index contributed by atoms with van der Waals surface area (Å²) >= 11 is 0. The van der Waals surface area contributed by atoms with Gasteiger partial charge in [-0.15, -0.1) is 0 Å². The molecule has 0 aliphatic rings. The van der Waals surface area contributed by atoms with Gasteiger partial charge in [-0.05, 0) is 30.0 Å². The van der Waals surface area contributed by atoms with Crippen molar-refractivity contribution in [3.63, 3.8) is 0 Å². The minimum Gasteiger partial charge on any atom is -0.491 e. The van der Waals surface area contributed by atoms with Crippen molar-refractivity contribution in [1.29, 1.82) is 0 Å². The molecular formula is C14H21NO3. The first kappa shape index (κ1) is 14.4. The van der Waals surface area contributed by atoms with Crippen LogP contribution in [0.2, 0.25) is 0 Å². The Morgan fingerprint density at radius 2 is 2.00 bits per heavy atom. The Labute approximate surface area is 108 Å². The van der Waals surface area contributed by atoms with Crippen LogP contribution in [-0.4, -0.2) is 19.7 Å². The summed E-state index contributed by atoms with van der Waals surface area (Å²) in [6.07, 6.45) is 0.936. The van der Waals surface area contributed by atoms with E-state index in [4.69, 9.17) is 10.5 Å². The van der Waals surface area contributed by atoms with Crippen LogP contribution < -0.4 is 10.5 Å². The van der Waals surface area contributed by atoms with Crippen molar-refractivity contribution in [2.45, 2.75) is 27.2 Å². The zero-order chi connectivity index (χ0) is 13.8. The topological polar surface area (TPSA) is 61.5 Å². The summed E-state index contributed by atoms with van der Waals surface area (Å²) in [5.41, 5.74) is 6.93. The summed E-state index contributed by atoms with van der Waals surface area (Å²) in [5.74, 6) is 0.204. The average molecular weight is 251 g/mol. The first-order valence-corrected chi connectivity index (χ1v) is 5.94. The molecule has 0 saturated heterocycles. The highest BCUT2D eigenvalue weighted by Gasteiger charge is 2.12. The lowest BCUT2D eigenvalue weighted by Gasteiger charge is -2.18. The van der Waals surface area contributed by atoms with E-state index in [1.165, 1.54) is 7.11 Å². The van der Waals surface area contributed by atoms with Gasteiger partial charge in [-0.1, -0.05) is 20.8 Å². The van der Waals surface area contributed by atoms with Gasteiger partial charge in [-0.3, -0.25) is 0 Å². The lowest BCUT2D eigenvalue weighted by molar-refractivity contribution is 0.0601. The normalized spacial score (nSPS) is 11.1. The second-order valence-electron chi connectivity index (χ2n) is 5.40. The van der Waals surface area contributed by atoms with Crippen LogP contribution in [0.1, 0.15) is 37.6 Å². The van der Waals surface area contributed by atoms with Crippen molar-refractivity contribution in [2.24, 2.45) is 5.41 Å². The number of hydrogen-bond acceptors (Lipinski definition) is 4. The fourth-order valence-corrected chi connectivity index (χ4v) is 1.39. The maximum atomic E-state index is 11.3. The third kappa shape index (κ3) is 4.28. The lowest BCUT2D eigenvalue weighted by Crippen LogP contribution is -2.12. The smallest absolute Gasteiger partial charge is 0.337 e. The number of nitrogen functional groups attached to an aromatic ring is 1. The molecule has 0 bridgehead atoms. The number of carbonyl (C=O) groups is 1. The van der Waals surface area contributed by atoms with E-state index < -0.39 is 5.97 Å². The first-order chi connectivity index (χ1) is 8.33. The molecule has 0 unspecified atom stereocenters. The van der Waals surface area contributed by atoms with Crippen LogP contribution in [0.5, 0.6) is 5.75 Å². The summed E-state index contributed by atoms with van der Waals surface area (Å²) in [6, 6.07) is 4.91. The van der Waals surface area contributed by atoms with Crippen molar-refractivity contribution in [2.75, 3.05) is 19.5 Å². The first-order valence-electron chi connectivity index (χ1n) is 5.94. The molecule has 0 atom stereocenters. The van der Waals surface area contributed by atoms with Crippen LogP contribution >= 0.6 is 0 Å². The van der Waals surface area contributed by atoms with E-state index in [0.29, 0.717) is 23.6 Å². The maximum Gasteiger partial charge on any atom is 0.337 e. The van der Waals surface area contributed by atoms with E-state index in [-0.39, 0.29) is 5.41 Å². The van der Waals surface area contributed by atoms with Crippen LogP contribution in [0.4, 0.5) is 5.69 Å². The van der Waals surface area contributed by atoms with E-state index >= 15 is 0 Å². The Kier molecular flexibility index (Phi) is 4.59. The van der Waals surface area contributed by atoms with Crippen molar-refractivity contribution >= 4 is 11.7 Å². The van der Waals surface area contributed by atoms with Gasteiger partial charge in [0, 0.05) is 0 Å². The number of esters is 1. The molecule has 1 aromatic carbocycles. The minimum absolute atomic E-state index is 0.223.